The van der Waals surface area contributed by atoms with E-state index in [4.69, 9.17) is 23.2 Å². The zero-order chi connectivity index (χ0) is 28.8. The van der Waals surface area contributed by atoms with Gasteiger partial charge in [-0.05, 0) is 55.7 Å². The van der Waals surface area contributed by atoms with Crippen LogP contribution in [0.4, 0.5) is 18.9 Å². The Balaban J connectivity index is 2.53. The Morgan fingerprint density at radius 1 is 1.05 bits per heavy atom. The summed E-state index contributed by atoms with van der Waals surface area (Å²) >= 11 is 12.3. The van der Waals surface area contributed by atoms with Crippen LogP contribution in [0.3, 0.4) is 0 Å². The number of sulfonamides is 1. The summed E-state index contributed by atoms with van der Waals surface area (Å²) in [4.78, 5) is 27.9. The quantitative estimate of drug-likeness (QED) is 0.371. The van der Waals surface area contributed by atoms with Crippen molar-refractivity contribution in [2.45, 2.75) is 58.4 Å². The molecule has 13 heteroatoms. The summed E-state index contributed by atoms with van der Waals surface area (Å²) in [5.41, 5.74) is -0.957. The number of carbonyl (C=O) groups excluding carboxylic acids is 2. The van der Waals surface area contributed by atoms with Gasteiger partial charge in [0.25, 0.3) is 0 Å². The Morgan fingerprint density at radius 2 is 1.71 bits per heavy atom. The van der Waals surface area contributed by atoms with Gasteiger partial charge in [-0.25, -0.2) is 8.42 Å². The van der Waals surface area contributed by atoms with E-state index in [0.717, 1.165) is 24.5 Å². The number of hydrogen-bond acceptors (Lipinski definition) is 4. The average molecular weight is 596 g/mol. The van der Waals surface area contributed by atoms with Gasteiger partial charge in [0.15, 0.2) is 0 Å². The van der Waals surface area contributed by atoms with Gasteiger partial charge in [0, 0.05) is 22.6 Å². The molecule has 2 atom stereocenters. The molecule has 0 fully saturated rings. The fraction of sp³-hybridized carbons (Fsp3) is 0.440. The van der Waals surface area contributed by atoms with Crippen LogP contribution in [0.2, 0.25) is 10.0 Å². The van der Waals surface area contributed by atoms with E-state index in [1.165, 1.54) is 11.0 Å². The van der Waals surface area contributed by atoms with Crippen LogP contribution in [0.15, 0.2) is 42.5 Å². The molecule has 0 spiro atoms. The molecule has 0 bridgehead atoms. The zero-order valence-electron chi connectivity index (χ0n) is 21.4. The minimum Gasteiger partial charge on any atom is -0.352 e. The maximum atomic E-state index is 13.6. The van der Waals surface area contributed by atoms with Crippen molar-refractivity contribution in [3.05, 3.63) is 63.6 Å². The topological polar surface area (TPSA) is 86.8 Å². The SMILES string of the molecule is CC[C@H](C)NC(=O)[C@H](CC)N(Cc1ccc(Cl)cc1Cl)C(=O)CN(c1cccc(C(F)(F)F)c1)S(C)(=O)=O. The molecule has 0 saturated heterocycles. The maximum Gasteiger partial charge on any atom is 0.416 e. The Hall–Kier alpha value is -2.50. The van der Waals surface area contributed by atoms with Gasteiger partial charge >= 0.3 is 6.18 Å². The molecule has 0 aliphatic heterocycles. The predicted molar refractivity (Wildman–Crippen MR) is 143 cm³/mol. The van der Waals surface area contributed by atoms with Crippen molar-refractivity contribution in [1.29, 1.82) is 0 Å². The van der Waals surface area contributed by atoms with Crippen molar-refractivity contribution in [2.75, 3.05) is 17.1 Å². The number of rotatable bonds is 11. The first-order chi connectivity index (χ1) is 17.6. The summed E-state index contributed by atoms with van der Waals surface area (Å²) in [6.45, 7) is 4.36. The number of amides is 2. The molecule has 0 aromatic heterocycles. The zero-order valence-corrected chi connectivity index (χ0v) is 23.7. The lowest BCUT2D eigenvalue weighted by atomic mass is 10.1. The Kier molecular flexibility index (Phi) is 10.9. The number of nitrogens with zero attached hydrogens (tertiary/aromatic N) is 2. The Labute approximate surface area is 230 Å². The standard InChI is InChI=1S/C25H30Cl2F3N3O4S/c1-5-16(3)31-24(35)22(6-2)32(14-17-10-11-19(26)13-21(17)27)23(34)15-33(38(4,36)37)20-9-7-8-18(12-20)25(28,29)30/h7-13,16,22H,5-6,14-15H2,1-4H3,(H,31,35)/t16-,22-/m0/s1. The highest BCUT2D eigenvalue weighted by Gasteiger charge is 2.34. The highest BCUT2D eigenvalue weighted by atomic mass is 35.5. The summed E-state index contributed by atoms with van der Waals surface area (Å²) in [5, 5.41) is 3.40. The summed E-state index contributed by atoms with van der Waals surface area (Å²) in [7, 11) is -4.20. The highest BCUT2D eigenvalue weighted by molar-refractivity contribution is 7.92. The molecule has 38 heavy (non-hydrogen) atoms. The summed E-state index contributed by atoms with van der Waals surface area (Å²) in [6.07, 6.45) is -3.12. The molecule has 2 aromatic rings. The second kappa shape index (κ2) is 13.0. The highest BCUT2D eigenvalue weighted by Crippen LogP contribution is 2.32. The van der Waals surface area contributed by atoms with Crippen LogP contribution in [-0.2, 0) is 32.3 Å². The van der Waals surface area contributed by atoms with Gasteiger partial charge in [-0.15, -0.1) is 0 Å². The number of halogens is 5. The van der Waals surface area contributed by atoms with Crippen molar-refractivity contribution in [2.24, 2.45) is 0 Å². The fourth-order valence-electron chi connectivity index (χ4n) is 3.65. The van der Waals surface area contributed by atoms with E-state index in [1.807, 2.05) is 6.92 Å². The first-order valence-corrected chi connectivity index (χ1v) is 14.4. The van der Waals surface area contributed by atoms with Crippen LogP contribution in [0.1, 0.15) is 44.7 Å². The van der Waals surface area contributed by atoms with E-state index < -0.39 is 46.2 Å². The Morgan fingerprint density at radius 3 is 2.24 bits per heavy atom. The third-order valence-corrected chi connectivity index (χ3v) is 7.61. The minimum atomic E-state index is -4.72. The third-order valence-electron chi connectivity index (χ3n) is 5.88. The number of alkyl halides is 3. The van der Waals surface area contributed by atoms with E-state index in [-0.39, 0.29) is 29.7 Å². The second-order valence-electron chi connectivity index (χ2n) is 8.82. The largest absolute Gasteiger partial charge is 0.416 e. The minimum absolute atomic E-state index is 0.165. The summed E-state index contributed by atoms with van der Waals surface area (Å²) < 4.78 is 65.7. The normalized spacial score (nSPS) is 13.5. The number of anilines is 1. The molecule has 0 saturated carbocycles. The van der Waals surface area contributed by atoms with E-state index >= 15 is 0 Å². The lowest BCUT2D eigenvalue weighted by Gasteiger charge is -2.33. The monoisotopic (exact) mass is 595 g/mol. The van der Waals surface area contributed by atoms with Gasteiger partial charge in [-0.2, -0.15) is 13.2 Å². The van der Waals surface area contributed by atoms with Crippen LogP contribution in [0.25, 0.3) is 0 Å². The molecule has 2 aromatic carbocycles. The van der Waals surface area contributed by atoms with Gasteiger partial charge in [0.2, 0.25) is 21.8 Å². The van der Waals surface area contributed by atoms with Crippen molar-refractivity contribution in [3.8, 4) is 0 Å². The number of nitrogens with one attached hydrogen (secondary N) is 1. The molecule has 0 aliphatic rings. The molecular weight excluding hydrogens is 566 g/mol. The molecule has 0 radical (unpaired) electrons. The van der Waals surface area contributed by atoms with Crippen LogP contribution >= 0.6 is 23.2 Å². The molecule has 0 heterocycles. The van der Waals surface area contributed by atoms with Crippen LogP contribution < -0.4 is 9.62 Å². The first-order valence-electron chi connectivity index (χ1n) is 11.8. The molecule has 0 aliphatic carbocycles. The molecule has 0 unspecified atom stereocenters. The number of benzene rings is 2. The lowest BCUT2D eigenvalue weighted by molar-refractivity contribution is -0.140. The molecular formula is C25H30Cl2F3N3O4S. The molecule has 2 rings (SSSR count). The summed E-state index contributed by atoms with van der Waals surface area (Å²) in [5.74, 6) is -1.25. The summed E-state index contributed by atoms with van der Waals surface area (Å²) in [6, 6.07) is 7.07. The maximum absolute atomic E-state index is 13.6. The first kappa shape index (κ1) is 31.7. The molecule has 7 nitrogen and oxygen atoms in total. The van der Waals surface area contributed by atoms with Crippen molar-refractivity contribution in [1.82, 2.24) is 10.2 Å². The predicted octanol–water partition coefficient (Wildman–Crippen LogP) is 5.50. The molecule has 1 N–H and O–H groups in total. The van der Waals surface area contributed by atoms with Crippen LogP contribution in [0, 0.1) is 0 Å². The van der Waals surface area contributed by atoms with Crippen LogP contribution in [0.5, 0.6) is 0 Å². The number of hydrogen-bond donors (Lipinski definition) is 1. The van der Waals surface area contributed by atoms with Gasteiger partial charge in [0.05, 0.1) is 17.5 Å². The number of carbonyl (C=O) groups is 2. The average Bonchev–Trinajstić information content (AvgIpc) is 2.82. The van der Waals surface area contributed by atoms with Crippen molar-refractivity contribution < 1.29 is 31.2 Å². The molecule has 210 valence electrons. The van der Waals surface area contributed by atoms with Gasteiger partial charge in [0.1, 0.15) is 12.6 Å². The van der Waals surface area contributed by atoms with Crippen molar-refractivity contribution >= 4 is 50.7 Å². The van der Waals surface area contributed by atoms with Crippen molar-refractivity contribution in [3.63, 3.8) is 0 Å². The van der Waals surface area contributed by atoms with Gasteiger partial charge in [-0.1, -0.05) is 49.2 Å². The van der Waals surface area contributed by atoms with E-state index in [1.54, 1.807) is 26.0 Å². The Bertz CT molecular complexity index is 1260. The van der Waals surface area contributed by atoms with E-state index in [0.29, 0.717) is 27.4 Å². The van der Waals surface area contributed by atoms with Crippen LogP contribution in [-0.4, -0.2) is 50.0 Å². The third kappa shape index (κ3) is 8.51. The lowest BCUT2D eigenvalue weighted by Crippen LogP contribution is -2.53. The molecule has 2 amide bonds. The van der Waals surface area contributed by atoms with Gasteiger partial charge < -0.3 is 10.2 Å². The smallest absolute Gasteiger partial charge is 0.352 e. The fourth-order valence-corrected chi connectivity index (χ4v) is 4.95. The van der Waals surface area contributed by atoms with Gasteiger partial charge in [-0.3, -0.25) is 13.9 Å². The van der Waals surface area contributed by atoms with E-state index in [2.05, 4.69) is 5.32 Å². The van der Waals surface area contributed by atoms with E-state index in [9.17, 15) is 31.2 Å². The second-order valence-corrected chi connectivity index (χ2v) is 11.6.